The van der Waals surface area contributed by atoms with Gasteiger partial charge < -0.3 is 24.1 Å². The molecule has 10 nitrogen and oxygen atoms in total. The summed E-state index contributed by atoms with van der Waals surface area (Å²) in [6, 6.07) is 8.86. The molecule has 11 heteroatoms. The van der Waals surface area contributed by atoms with E-state index in [1.807, 2.05) is 6.92 Å². The largest absolute Gasteiger partial charge is 0.507 e. The Labute approximate surface area is 229 Å². The summed E-state index contributed by atoms with van der Waals surface area (Å²) in [7, 11) is 4.26. The van der Waals surface area contributed by atoms with E-state index in [9.17, 15) is 19.5 Å². The predicted octanol–water partition coefficient (Wildman–Crippen LogP) is 4.59. The molecular formula is C28H28N2O8S. The number of carbonyl (C=O) groups excluding carboxylic acids is 3. The summed E-state index contributed by atoms with van der Waals surface area (Å²) in [6.45, 7) is 5.65. The molecule has 0 aliphatic carbocycles. The number of nitrogens with zero attached hydrogens (tertiary/aromatic N) is 2. The zero-order chi connectivity index (χ0) is 28.4. The normalized spacial score (nSPS) is 16.4. The van der Waals surface area contributed by atoms with Gasteiger partial charge in [-0.05, 0) is 62.2 Å². The van der Waals surface area contributed by atoms with Gasteiger partial charge in [0.25, 0.3) is 5.78 Å². The molecule has 0 spiro atoms. The van der Waals surface area contributed by atoms with Gasteiger partial charge >= 0.3 is 11.9 Å². The molecule has 1 amide bonds. The van der Waals surface area contributed by atoms with Crippen LogP contribution in [0, 0.1) is 13.8 Å². The predicted molar refractivity (Wildman–Crippen MR) is 145 cm³/mol. The third kappa shape index (κ3) is 4.92. The molecule has 1 N–H and O–H groups in total. The Morgan fingerprint density at radius 1 is 1.03 bits per heavy atom. The number of hydrogen-bond acceptors (Lipinski definition) is 10. The summed E-state index contributed by atoms with van der Waals surface area (Å²) >= 11 is 0.922. The van der Waals surface area contributed by atoms with E-state index in [0.717, 1.165) is 16.9 Å². The first-order valence-electron chi connectivity index (χ1n) is 12.0. The topological polar surface area (TPSA) is 124 Å². The van der Waals surface area contributed by atoms with E-state index < -0.39 is 23.7 Å². The number of hydrogen-bond donors (Lipinski definition) is 1. The number of aromatic nitrogens is 1. The number of aliphatic hydroxyl groups is 1. The average Bonchev–Trinajstić information content (AvgIpc) is 3.44. The summed E-state index contributed by atoms with van der Waals surface area (Å²) in [4.78, 5) is 45.1. The SMILES string of the molecule is CCOc1ccc([C@H]2C(=C(O)c3ccc(OC)c(C)c3)C(=O)C(=O)N2c2nc(C)c(C(=O)OC)s2)cc1OC. The van der Waals surface area contributed by atoms with Crippen LogP contribution in [-0.4, -0.2) is 55.7 Å². The number of benzene rings is 2. The van der Waals surface area contributed by atoms with Crippen LogP contribution < -0.4 is 19.1 Å². The maximum Gasteiger partial charge on any atom is 0.350 e. The maximum atomic E-state index is 13.5. The van der Waals surface area contributed by atoms with Gasteiger partial charge in [-0.2, -0.15) is 0 Å². The van der Waals surface area contributed by atoms with Crippen LogP contribution in [0.1, 0.15) is 45.0 Å². The van der Waals surface area contributed by atoms with E-state index in [4.69, 9.17) is 18.9 Å². The maximum absolute atomic E-state index is 13.5. The van der Waals surface area contributed by atoms with Crippen molar-refractivity contribution in [2.75, 3.05) is 32.8 Å². The van der Waals surface area contributed by atoms with Crippen LogP contribution in [0.4, 0.5) is 5.13 Å². The molecule has 1 aromatic heterocycles. The zero-order valence-electron chi connectivity index (χ0n) is 22.4. The number of esters is 1. The molecule has 1 atom stereocenters. The quantitative estimate of drug-likeness (QED) is 0.185. The molecule has 0 bridgehead atoms. The van der Waals surface area contributed by atoms with E-state index in [1.54, 1.807) is 50.2 Å². The van der Waals surface area contributed by atoms with Crippen molar-refractivity contribution in [2.24, 2.45) is 0 Å². The van der Waals surface area contributed by atoms with E-state index in [1.165, 1.54) is 26.2 Å². The van der Waals surface area contributed by atoms with Crippen LogP contribution in [0.5, 0.6) is 17.2 Å². The highest BCUT2D eigenvalue weighted by Crippen LogP contribution is 2.45. The van der Waals surface area contributed by atoms with Crippen molar-refractivity contribution in [1.29, 1.82) is 0 Å². The molecule has 1 fully saturated rings. The van der Waals surface area contributed by atoms with Crippen LogP contribution in [-0.2, 0) is 14.3 Å². The van der Waals surface area contributed by atoms with Gasteiger partial charge in [-0.15, -0.1) is 0 Å². The monoisotopic (exact) mass is 552 g/mol. The number of aryl methyl sites for hydroxylation is 2. The first-order valence-corrected chi connectivity index (χ1v) is 12.8. The van der Waals surface area contributed by atoms with Crippen molar-refractivity contribution in [2.45, 2.75) is 26.8 Å². The molecule has 2 heterocycles. The molecule has 2 aromatic carbocycles. The Hall–Kier alpha value is -4.38. The molecule has 4 rings (SSSR count). The number of methoxy groups -OCH3 is 3. The number of thiazole rings is 1. The van der Waals surface area contributed by atoms with E-state index in [0.29, 0.717) is 40.7 Å². The summed E-state index contributed by atoms with van der Waals surface area (Å²) in [5, 5.41) is 11.5. The minimum absolute atomic E-state index is 0.109. The van der Waals surface area contributed by atoms with E-state index in [2.05, 4.69) is 4.98 Å². The molecule has 1 aliphatic heterocycles. The lowest BCUT2D eigenvalue weighted by Crippen LogP contribution is -2.29. The Morgan fingerprint density at radius 3 is 2.33 bits per heavy atom. The van der Waals surface area contributed by atoms with Crippen LogP contribution in [0.2, 0.25) is 0 Å². The third-order valence-electron chi connectivity index (χ3n) is 6.28. The number of ether oxygens (including phenoxy) is 4. The van der Waals surface area contributed by atoms with Crippen LogP contribution >= 0.6 is 11.3 Å². The molecule has 0 unspecified atom stereocenters. The minimum atomic E-state index is -1.08. The van der Waals surface area contributed by atoms with Crippen molar-refractivity contribution >= 4 is 39.9 Å². The summed E-state index contributed by atoms with van der Waals surface area (Å²) < 4.78 is 21.3. The third-order valence-corrected chi connectivity index (χ3v) is 7.41. The number of aliphatic hydroxyl groups excluding tert-OH is 1. The van der Waals surface area contributed by atoms with Gasteiger partial charge in [0.2, 0.25) is 0 Å². The smallest absolute Gasteiger partial charge is 0.350 e. The van der Waals surface area contributed by atoms with Gasteiger partial charge in [-0.25, -0.2) is 9.78 Å². The van der Waals surface area contributed by atoms with Crippen LogP contribution in [0.3, 0.4) is 0 Å². The molecular weight excluding hydrogens is 524 g/mol. The summed E-state index contributed by atoms with van der Waals surface area (Å²) in [5.74, 6) is -1.30. The Balaban J connectivity index is 1.96. The Morgan fingerprint density at radius 2 is 1.72 bits per heavy atom. The van der Waals surface area contributed by atoms with Gasteiger partial charge in [0.15, 0.2) is 16.6 Å². The molecule has 1 saturated heterocycles. The standard InChI is InChI=1S/C28H28N2O8S/c1-7-38-19-11-8-16(13-20(19)36-5)22-21(23(31)17-9-10-18(35-4)14(2)12-17)24(32)26(33)30(22)28-29-15(3)25(39-28)27(34)37-6/h8-13,22,31H,7H2,1-6H3/t22-/m0/s1. The van der Waals surface area contributed by atoms with E-state index >= 15 is 0 Å². The molecule has 0 radical (unpaired) electrons. The first kappa shape index (κ1) is 27.6. The summed E-state index contributed by atoms with van der Waals surface area (Å²) in [5.41, 5.74) is 1.74. The number of Topliss-reactive ketones (excluding diaryl/α,β-unsaturated/α-hetero) is 1. The average molecular weight is 553 g/mol. The lowest BCUT2D eigenvalue weighted by Gasteiger charge is -2.24. The summed E-state index contributed by atoms with van der Waals surface area (Å²) in [6.07, 6.45) is 0. The van der Waals surface area contributed by atoms with Gasteiger partial charge in [0.05, 0.1) is 45.2 Å². The highest BCUT2D eigenvalue weighted by molar-refractivity contribution is 7.17. The Bertz CT molecular complexity index is 1490. The molecule has 204 valence electrons. The second kappa shape index (κ2) is 11.2. The Kier molecular flexibility index (Phi) is 7.91. The highest BCUT2D eigenvalue weighted by Gasteiger charge is 2.48. The van der Waals surface area contributed by atoms with Crippen molar-refractivity contribution in [3.8, 4) is 17.2 Å². The zero-order valence-corrected chi connectivity index (χ0v) is 23.2. The number of ketones is 1. The second-order valence-corrected chi connectivity index (χ2v) is 9.58. The lowest BCUT2D eigenvalue weighted by molar-refractivity contribution is -0.132. The molecule has 3 aromatic rings. The fourth-order valence-corrected chi connectivity index (χ4v) is 5.43. The second-order valence-electron chi connectivity index (χ2n) is 8.60. The first-order chi connectivity index (χ1) is 18.7. The number of rotatable bonds is 8. The van der Waals surface area contributed by atoms with Gasteiger partial charge in [0.1, 0.15) is 16.4 Å². The number of carbonyl (C=O) groups is 3. The lowest BCUT2D eigenvalue weighted by atomic mass is 9.94. The molecule has 39 heavy (non-hydrogen) atoms. The number of anilines is 1. The van der Waals surface area contributed by atoms with Gasteiger partial charge in [0, 0.05) is 5.56 Å². The van der Waals surface area contributed by atoms with Crippen LogP contribution in [0.15, 0.2) is 42.0 Å². The highest BCUT2D eigenvalue weighted by atomic mass is 32.1. The molecule has 1 aliphatic rings. The van der Waals surface area contributed by atoms with Gasteiger partial charge in [-0.1, -0.05) is 17.4 Å². The van der Waals surface area contributed by atoms with Crippen LogP contribution in [0.25, 0.3) is 5.76 Å². The fraction of sp³-hybridized carbons (Fsp3) is 0.286. The molecule has 0 saturated carbocycles. The van der Waals surface area contributed by atoms with E-state index in [-0.39, 0.29) is 21.3 Å². The fourth-order valence-electron chi connectivity index (χ4n) is 4.42. The van der Waals surface area contributed by atoms with Crippen molar-refractivity contribution in [3.63, 3.8) is 0 Å². The number of amides is 1. The minimum Gasteiger partial charge on any atom is -0.507 e. The van der Waals surface area contributed by atoms with Crippen molar-refractivity contribution in [1.82, 2.24) is 4.98 Å². The van der Waals surface area contributed by atoms with Crippen molar-refractivity contribution in [3.05, 3.63) is 69.2 Å². The van der Waals surface area contributed by atoms with Crippen molar-refractivity contribution < 1.29 is 38.4 Å². The van der Waals surface area contributed by atoms with Gasteiger partial charge in [-0.3, -0.25) is 14.5 Å².